The van der Waals surface area contributed by atoms with E-state index in [1.54, 1.807) is 12.1 Å². The molecule has 0 bridgehead atoms. The number of rotatable bonds is 7. The van der Waals surface area contributed by atoms with Crippen LogP contribution in [-0.4, -0.2) is 0 Å². The lowest BCUT2D eigenvalue weighted by Crippen LogP contribution is -2.10. The van der Waals surface area contributed by atoms with Crippen molar-refractivity contribution in [3.8, 4) is 23.0 Å². The van der Waals surface area contributed by atoms with Crippen LogP contribution in [0.15, 0.2) is 127 Å². The first-order chi connectivity index (χ1) is 17.1. The fourth-order valence-electron chi connectivity index (χ4n) is 3.82. The van der Waals surface area contributed by atoms with E-state index in [0.717, 1.165) is 17.1 Å². The summed E-state index contributed by atoms with van der Waals surface area (Å²) >= 11 is 0. The SMILES string of the molecule is Nc1cccc(Oc2cccc(N(c3ccccc3)c3cccc(Oc4cccc(N)c4)c3)c2)c1. The van der Waals surface area contributed by atoms with Crippen molar-refractivity contribution in [3.63, 3.8) is 0 Å². The molecule has 0 spiro atoms. The third kappa shape index (κ3) is 5.37. The summed E-state index contributed by atoms with van der Waals surface area (Å²) in [5.74, 6) is 2.79. The molecule has 5 nitrogen and oxygen atoms in total. The summed E-state index contributed by atoms with van der Waals surface area (Å²) < 4.78 is 12.2. The van der Waals surface area contributed by atoms with Gasteiger partial charge in [-0.1, -0.05) is 42.5 Å². The molecule has 0 aliphatic heterocycles. The Labute approximate surface area is 204 Å². The van der Waals surface area contributed by atoms with Gasteiger partial charge in [0.2, 0.25) is 0 Å². The molecule has 0 fully saturated rings. The number of para-hydroxylation sites is 1. The molecule has 0 saturated carbocycles. The van der Waals surface area contributed by atoms with E-state index < -0.39 is 0 Å². The van der Waals surface area contributed by atoms with Gasteiger partial charge in [-0.3, -0.25) is 0 Å². The molecule has 5 aromatic carbocycles. The second-order valence-electron chi connectivity index (χ2n) is 8.01. The highest BCUT2D eigenvalue weighted by Crippen LogP contribution is 2.38. The Hall–Kier alpha value is -4.90. The minimum Gasteiger partial charge on any atom is -0.457 e. The van der Waals surface area contributed by atoms with Crippen molar-refractivity contribution in [2.24, 2.45) is 0 Å². The molecule has 0 amide bonds. The van der Waals surface area contributed by atoms with Gasteiger partial charge in [0.15, 0.2) is 0 Å². The van der Waals surface area contributed by atoms with Gasteiger partial charge in [0.25, 0.3) is 0 Å². The second-order valence-corrected chi connectivity index (χ2v) is 8.01. The molecule has 0 aromatic heterocycles. The summed E-state index contributed by atoms with van der Waals surface area (Å²) in [4.78, 5) is 2.15. The number of ether oxygens (including phenoxy) is 2. The van der Waals surface area contributed by atoms with Crippen molar-refractivity contribution in [2.75, 3.05) is 16.4 Å². The molecule has 4 N–H and O–H groups in total. The molecule has 0 aliphatic carbocycles. The van der Waals surface area contributed by atoms with Gasteiger partial charge in [-0.25, -0.2) is 0 Å². The van der Waals surface area contributed by atoms with E-state index in [-0.39, 0.29) is 0 Å². The summed E-state index contributed by atoms with van der Waals surface area (Å²) in [7, 11) is 0. The lowest BCUT2D eigenvalue weighted by molar-refractivity contribution is 0.483. The van der Waals surface area contributed by atoms with Gasteiger partial charge in [-0.05, 0) is 60.7 Å². The number of nitrogens with zero attached hydrogens (tertiary/aromatic N) is 1. The molecule has 0 aliphatic rings. The maximum Gasteiger partial charge on any atom is 0.129 e. The lowest BCUT2D eigenvalue weighted by Gasteiger charge is -2.26. The lowest BCUT2D eigenvalue weighted by atomic mass is 10.2. The van der Waals surface area contributed by atoms with Crippen molar-refractivity contribution >= 4 is 28.4 Å². The van der Waals surface area contributed by atoms with Crippen LogP contribution in [0.3, 0.4) is 0 Å². The quantitative estimate of drug-likeness (QED) is 0.242. The molecule has 0 atom stereocenters. The Bertz CT molecular complexity index is 1350. The number of benzene rings is 5. The summed E-state index contributed by atoms with van der Waals surface area (Å²) in [5, 5.41) is 0. The predicted octanol–water partition coefficient (Wildman–Crippen LogP) is 7.91. The first-order valence-electron chi connectivity index (χ1n) is 11.3. The van der Waals surface area contributed by atoms with Gasteiger partial charge < -0.3 is 25.8 Å². The van der Waals surface area contributed by atoms with Crippen LogP contribution in [0.1, 0.15) is 0 Å². The van der Waals surface area contributed by atoms with Crippen LogP contribution < -0.4 is 25.8 Å². The standard InChI is InChI=1S/C30H25N3O2/c31-22-8-4-14-27(18-22)34-29-16-6-12-25(20-29)33(24-10-2-1-3-11-24)26-13-7-17-30(21-26)35-28-15-5-9-23(32)19-28/h1-21H,31-32H2. The van der Waals surface area contributed by atoms with Crippen LogP contribution in [-0.2, 0) is 0 Å². The number of nitrogen functional groups attached to an aromatic ring is 2. The Morgan fingerprint density at radius 3 is 1.26 bits per heavy atom. The molecule has 35 heavy (non-hydrogen) atoms. The zero-order valence-corrected chi connectivity index (χ0v) is 19.0. The number of hydrogen-bond acceptors (Lipinski definition) is 5. The maximum absolute atomic E-state index is 6.09. The second kappa shape index (κ2) is 9.93. The van der Waals surface area contributed by atoms with E-state index >= 15 is 0 Å². The van der Waals surface area contributed by atoms with Crippen molar-refractivity contribution in [2.45, 2.75) is 0 Å². The topological polar surface area (TPSA) is 73.7 Å². The third-order valence-corrected chi connectivity index (χ3v) is 5.35. The van der Waals surface area contributed by atoms with Gasteiger partial charge in [-0.2, -0.15) is 0 Å². The Morgan fingerprint density at radius 1 is 0.400 bits per heavy atom. The highest BCUT2D eigenvalue weighted by atomic mass is 16.5. The van der Waals surface area contributed by atoms with Gasteiger partial charge in [-0.15, -0.1) is 0 Å². The normalized spacial score (nSPS) is 10.5. The minimum absolute atomic E-state index is 0.654. The van der Waals surface area contributed by atoms with Crippen LogP contribution in [0.5, 0.6) is 23.0 Å². The van der Waals surface area contributed by atoms with E-state index in [0.29, 0.717) is 34.4 Å². The molecule has 0 heterocycles. The minimum atomic E-state index is 0.654. The molecule has 172 valence electrons. The summed E-state index contributed by atoms with van der Waals surface area (Å²) in [6, 6.07) is 40.8. The van der Waals surface area contributed by atoms with Gasteiger partial charge in [0.1, 0.15) is 23.0 Å². The summed E-state index contributed by atoms with van der Waals surface area (Å²) in [5.41, 5.74) is 16.0. The van der Waals surface area contributed by atoms with Gasteiger partial charge in [0.05, 0.1) is 0 Å². The number of nitrogens with two attached hydrogens (primary N) is 2. The smallest absolute Gasteiger partial charge is 0.129 e. The number of hydrogen-bond donors (Lipinski definition) is 2. The Kier molecular flexibility index (Phi) is 6.22. The van der Waals surface area contributed by atoms with Crippen molar-refractivity contribution in [1.29, 1.82) is 0 Å². The molecule has 0 unspecified atom stereocenters. The van der Waals surface area contributed by atoms with Crippen LogP contribution in [0.2, 0.25) is 0 Å². The highest BCUT2D eigenvalue weighted by molar-refractivity contribution is 5.77. The molecule has 5 rings (SSSR count). The monoisotopic (exact) mass is 459 g/mol. The summed E-state index contributed by atoms with van der Waals surface area (Å²) in [6.07, 6.45) is 0. The molecule has 5 heteroatoms. The Morgan fingerprint density at radius 2 is 0.800 bits per heavy atom. The van der Waals surface area contributed by atoms with E-state index in [4.69, 9.17) is 20.9 Å². The van der Waals surface area contributed by atoms with Crippen molar-refractivity contribution in [3.05, 3.63) is 127 Å². The zero-order chi connectivity index (χ0) is 24.0. The van der Waals surface area contributed by atoms with Crippen molar-refractivity contribution < 1.29 is 9.47 Å². The van der Waals surface area contributed by atoms with E-state index in [9.17, 15) is 0 Å². The summed E-state index contributed by atoms with van der Waals surface area (Å²) in [6.45, 7) is 0. The molecule has 0 saturated heterocycles. The molecular formula is C30H25N3O2. The fourth-order valence-corrected chi connectivity index (χ4v) is 3.82. The van der Waals surface area contributed by atoms with Crippen molar-refractivity contribution in [1.82, 2.24) is 0 Å². The highest BCUT2D eigenvalue weighted by Gasteiger charge is 2.14. The first kappa shape index (κ1) is 21.9. The van der Waals surface area contributed by atoms with Crippen LogP contribution >= 0.6 is 0 Å². The van der Waals surface area contributed by atoms with E-state index in [1.165, 1.54) is 0 Å². The largest absolute Gasteiger partial charge is 0.457 e. The predicted molar refractivity (Wildman–Crippen MR) is 143 cm³/mol. The van der Waals surface area contributed by atoms with Crippen LogP contribution in [0, 0.1) is 0 Å². The Balaban J connectivity index is 1.51. The van der Waals surface area contributed by atoms with Crippen LogP contribution in [0.4, 0.5) is 28.4 Å². The van der Waals surface area contributed by atoms with E-state index in [2.05, 4.69) is 17.0 Å². The van der Waals surface area contributed by atoms with Gasteiger partial charge in [0, 0.05) is 52.7 Å². The molecule has 5 aromatic rings. The van der Waals surface area contributed by atoms with E-state index in [1.807, 2.05) is 103 Å². The van der Waals surface area contributed by atoms with Gasteiger partial charge >= 0.3 is 0 Å². The molecule has 0 radical (unpaired) electrons. The molecular weight excluding hydrogens is 434 g/mol. The van der Waals surface area contributed by atoms with Crippen LogP contribution in [0.25, 0.3) is 0 Å². The average molecular weight is 460 g/mol. The zero-order valence-electron chi connectivity index (χ0n) is 19.0. The average Bonchev–Trinajstić information content (AvgIpc) is 2.86. The number of anilines is 5. The fraction of sp³-hybridized carbons (Fsp3) is 0. The first-order valence-corrected chi connectivity index (χ1v) is 11.3. The maximum atomic E-state index is 6.09. The third-order valence-electron chi connectivity index (χ3n) is 5.35.